The molecule has 7 nitrogen and oxygen atoms in total. The average molecular weight is 774 g/mol. The van der Waals surface area contributed by atoms with Crippen molar-refractivity contribution in [3.63, 3.8) is 0 Å². The quantitative estimate of drug-likeness (QED) is 0.228. The molecule has 4 saturated carbocycles. The van der Waals surface area contributed by atoms with E-state index in [0.29, 0.717) is 41.8 Å². The molecule has 312 valence electrons. The highest BCUT2D eigenvalue weighted by molar-refractivity contribution is 5.78. The first-order valence-corrected chi connectivity index (χ1v) is 22.2. The van der Waals surface area contributed by atoms with Crippen LogP contribution in [0.2, 0.25) is 0 Å². The molecule has 0 heterocycles. The number of hydrogen-bond acceptors (Lipinski definition) is 6. The summed E-state index contributed by atoms with van der Waals surface area (Å²) in [5.74, 6) is 3.35. The molecule has 1 aromatic rings. The Hall–Kier alpha value is -3.09. The third-order valence-corrected chi connectivity index (χ3v) is 15.5. The molecular formula is C49H75NO6. The molecule has 6 aliphatic rings. The first-order valence-electron chi connectivity index (χ1n) is 22.2. The van der Waals surface area contributed by atoms with Crippen LogP contribution >= 0.6 is 0 Å². The Kier molecular flexibility index (Phi) is 13.7. The van der Waals surface area contributed by atoms with Gasteiger partial charge in [-0.25, -0.2) is 4.79 Å². The summed E-state index contributed by atoms with van der Waals surface area (Å²) in [6.07, 6.45) is 19.0. The number of nitrogens with two attached hydrogens (primary N) is 1. The Morgan fingerprint density at radius 2 is 1.52 bits per heavy atom. The number of fused-ring (bicyclic) bond motifs is 7. The SMILES string of the molecule is CC.CC(C)(C)OC(N)=O.CCOC(=O)C1CC=C(C2=CC[C@@]3(C)C(CC[C@@]4(C)C5CC[C@@]6(C(=O)OCc7ccccc7)CCC[C@@H]6[C@H]5CCC43)C2(C)C)CC1. The molecule has 0 spiro atoms. The van der Waals surface area contributed by atoms with Crippen molar-refractivity contribution < 1.29 is 28.6 Å². The van der Waals surface area contributed by atoms with E-state index in [4.69, 9.17) is 15.2 Å². The van der Waals surface area contributed by atoms with Gasteiger partial charge in [0, 0.05) is 0 Å². The number of carbonyl (C=O) groups is 3. The van der Waals surface area contributed by atoms with Crippen LogP contribution in [0, 0.1) is 57.2 Å². The number of allylic oxidation sites excluding steroid dienone is 4. The minimum atomic E-state index is -0.725. The fourth-order valence-corrected chi connectivity index (χ4v) is 13.4. The summed E-state index contributed by atoms with van der Waals surface area (Å²) in [5, 5.41) is 0. The first kappa shape index (κ1) is 44.0. The fourth-order valence-electron chi connectivity index (χ4n) is 13.4. The molecule has 4 fully saturated rings. The summed E-state index contributed by atoms with van der Waals surface area (Å²) in [4.78, 5) is 36.3. The third-order valence-electron chi connectivity index (χ3n) is 15.5. The number of ether oxygens (including phenoxy) is 3. The van der Waals surface area contributed by atoms with E-state index in [0.717, 1.165) is 49.5 Å². The lowest BCUT2D eigenvalue weighted by atomic mass is 9.36. The van der Waals surface area contributed by atoms with E-state index in [1.807, 2.05) is 39.0 Å². The van der Waals surface area contributed by atoms with Crippen LogP contribution in [0.5, 0.6) is 0 Å². The Labute approximate surface area is 339 Å². The summed E-state index contributed by atoms with van der Waals surface area (Å²) >= 11 is 0. The van der Waals surface area contributed by atoms with E-state index in [9.17, 15) is 14.4 Å². The third kappa shape index (κ3) is 8.53. The van der Waals surface area contributed by atoms with Gasteiger partial charge in [0.1, 0.15) is 12.2 Å². The molecule has 2 N–H and O–H groups in total. The first-order chi connectivity index (χ1) is 26.5. The van der Waals surface area contributed by atoms with Gasteiger partial charge < -0.3 is 19.9 Å². The van der Waals surface area contributed by atoms with E-state index in [-0.39, 0.29) is 28.7 Å². The predicted molar refractivity (Wildman–Crippen MR) is 224 cm³/mol. The minimum absolute atomic E-state index is 0.0201. The van der Waals surface area contributed by atoms with Crippen LogP contribution in [-0.2, 0) is 30.4 Å². The van der Waals surface area contributed by atoms with Gasteiger partial charge in [0.15, 0.2) is 0 Å². The van der Waals surface area contributed by atoms with Crippen molar-refractivity contribution in [1.29, 1.82) is 0 Å². The molecule has 6 aliphatic carbocycles. The maximum Gasteiger partial charge on any atom is 0.405 e. The monoisotopic (exact) mass is 774 g/mol. The normalized spacial score (nSPS) is 35.4. The lowest BCUT2D eigenvalue weighted by Crippen LogP contribution is -2.61. The second-order valence-electron chi connectivity index (χ2n) is 19.8. The molecular weight excluding hydrogens is 699 g/mol. The Morgan fingerprint density at radius 1 is 0.804 bits per heavy atom. The van der Waals surface area contributed by atoms with Crippen molar-refractivity contribution in [1.82, 2.24) is 0 Å². The second kappa shape index (κ2) is 17.4. The van der Waals surface area contributed by atoms with Gasteiger partial charge in [-0.05, 0) is 167 Å². The van der Waals surface area contributed by atoms with Crippen LogP contribution in [-0.4, -0.2) is 30.2 Å². The minimum Gasteiger partial charge on any atom is -0.466 e. The molecule has 0 radical (unpaired) electrons. The Balaban J connectivity index is 0.000000536. The number of rotatable bonds is 6. The van der Waals surface area contributed by atoms with Crippen molar-refractivity contribution in [3.05, 3.63) is 59.2 Å². The van der Waals surface area contributed by atoms with Crippen LogP contribution in [0.15, 0.2) is 53.6 Å². The van der Waals surface area contributed by atoms with E-state index in [2.05, 4.69) is 56.7 Å². The summed E-state index contributed by atoms with van der Waals surface area (Å²) in [6, 6.07) is 10.2. The summed E-state index contributed by atoms with van der Waals surface area (Å²) < 4.78 is 16.0. The van der Waals surface area contributed by atoms with Crippen molar-refractivity contribution in [2.75, 3.05) is 6.61 Å². The van der Waals surface area contributed by atoms with Crippen LogP contribution in [0.4, 0.5) is 4.79 Å². The molecule has 1 aromatic carbocycles. The summed E-state index contributed by atoms with van der Waals surface area (Å²) in [6.45, 7) is 22.4. The maximum absolute atomic E-state index is 13.9. The zero-order valence-corrected chi connectivity index (χ0v) is 36.6. The predicted octanol–water partition coefficient (Wildman–Crippen LogP) is 11.9. The van der Waals surface area contributed by atoms with Crippen LogP contribution in [0.25, 0.3) is 0 Å². The molecule has 0 saturated heterocycles. The van der Waals surface area contributed by atoms with E-state index >= 15 is 0 Å². The highest BCUT2D eigenvalue weighted by atomic mass is 16.6. The molecule has 7 rings (SSSR count). The van der Waals surface area contributed by atoms with Crippen molar-refractivity contribution >= 4 is 18.0 Å². The van der Waals surface area contributed by atoms with Gasteiger partial charge in [0.2, 0.25) is 0 Å². The molecule has 0 aliphatic heterocycles. The summed E-state index contributed by atoms with van der Waals surface area (Å²) in [5.41, 5.74) is 8.92. The number of esters is 2. The molecule has 9 atom stereocenters. The fraction of sp³-hybridized carbons (Fsp3) is 0.735. The lowest BCUT2D eigenvalue weighted by molar-refractivity contribution is -0.192. The van der Waals surface area contributed by atoms with Crippen LogP contribution in [0.1, 0.15) is 158 Å². The van der Waals surface area contributed by atoms with Gasteiger partial charge in [-0.1, -0.05) is 90.4 Å². The molecule has 1 amide bonds. The standard InChI is InChI=1S/C42H58O4.C5H11NO2.C2H6/c1-6-45-37(43)30-16-14-29(15-17-30)32-20-24-41(5)35(39(32,2)3)22-25-40(4)33-21-26-42(38(44)46-27-28-11-8-7-9-12-28)23-10-13-34(42)31(33)18-19-36(40)41;1-5(2,3)8-4(6)7;1-2/h7-9,11-12,14,20,30-31,33-36H,6,10,13,15-19,21-27H2,1-5H3;1-3H3,(H2,6,7);1-2H3/t30?,31-,33?,34+,35?,36?,40-,41-,42-;;/m0../s1. The topological polar surface area (TPSA) is 105 Å². The van der Waals surface area contributed by atoms with E-state index in [1.165, 1.54) is 56.9 Å². The number of benzene rings is 1. The lowest BCUT2D eigenvalue weighted by Gasteiger charge is -2.68. The largest absolute Gasteiger partial charge is 0.466 e. The maximum atomic E-state index is 13.9. The van der Waals surface area contributed by atoms with Crippen molar-refractivity contribution in [2.45, 2.75) is 165 Å². The molecule has 0 aromatic heterocycles. The number of amides is 1. The zero-order chi connectivity index (χ0) is 41.1. The molecule has 56 heavy (non-hydrogen) atoms. The summed E-state index contributed by atoms with van der Waals surface area (Å²) in [7, 11) is 0. The smallest absolute Gasteiger partial charge is 0.405 e. The molecule has 4 unspecified atom stereocenters. The van der Waals surface area contributed by atoms with Gasteiger partial charge in [0.25, 0.3) is 0 Å². The number of hydrogen-bond donors (Lipinski definition) is 1. The number of carbonyl (C=O) groups excluding carboxylic acids is 3. The van der Waals surface area contributed by atoms with Crippen LogP contribution < -0.4 is 5.73 Å². The van der Waals surface area contributed by atoms with Crippen LogP contribution in [0.3, 0.4) is 0 Å². The second-order valence-corrected chi connectivity index (χ2v) is 19.8. The molecule has 7 heteroatoms. The highest BCUT2D eigenvalue weighted by Crippen LogP contribution is 2.73. The average Bonchev–Trinajstić information content (AvgIpc) is 3.60. The van der Waals surface area contributed by atoms with Gasteiger partial charge in [0.05, 0.1) is 17.9 Å². The van der Waals surface area contributed by atoms with Gasteiger partial charge in [-0.3, -0.25) is 9.59 Å². The van der Waals surface area contributed by atoms with Crippen molar-refractivity contribution in [2.24, 2.45) is 62.9 Å². The van der Waals surface area contributed by atoms with E-state index < -0.39 is 11.7 Å². The Bertz CT molecular complexity index is 1610. The van der Waals surface area contributed by atoms with Gasteiger partial charge in [-0.2, -0.15) is 0 Å². The van der Waals surface area contributed by atoms with Gasteiger partial charge >= 0.3 is 18.0 Å². The van der Waals surface area contributed by atoms with Gasteiger partial charge in [-0.15, -0.1) is 0 Å². The zero-order valence-electron chi connectivity index (χ0n) is 36.6. The van der Waals surface area contributed by atoms with Crippen molar-refractivity contribution in [3.8, 4) is 0 Å². The highest BCUT2D eigenvalue weighted by Gasteiger charge is 2.66. The van der Waals surface area contributed by atoms with E-state index in [1.54, 1.807) is 26.3 Å². The number of primary amides is 1. The molecule has 0 bridgehead atoms. The Morgan fingerprint density at radius 3 is 2.12 bits per heavy atom.